The minimum Gasteiger partial charge on any atom is -0.430 e. The molecular formula is C24H26F6O3. The molecule has 3 nitrogen and oxygen atoms in total. The van der Waals surface area contributed by atoms with Crippen LogP contribution in [-0.2, 0) is 9.47 Å². The molecule has 1 aliphatic carbocycles. The minimum absolute atomic E-state index is 0.257. The summed E-state index contributed by atoms with van der Waals surface area (Å²) in [4.78, 5) is 0. The van der Waals surface area contributed by atoms with Gasteiger partial charge in [-0.3, -0.25) is 0 Å². The molecule has 1 atom stereocenters. The lowest BCUT2D eigenvalue weighted by Gasteiger charge is -2.29. The number of benzene rings is 2. The Morgan fingerprint density at radius 1 is 0.818 bits per heavy atom. The van der Waals surface area contributed by atoms with Crippen LogP contribution >= 0.6 is 0 Å². The van der Waals surface area contributed by atoms with Gasteiger partial charge in [0.05, 0.1) is 19.3 Å². The lowest BCUT2D eigenvalue weighted by Crippen LogP contribution is -2.45. The molecule has 2 aromatic carbocycles. The van der Waals surface area contributed by atoms with E-state index < -0.39 is 24.2 Å². The van der Waals surface area contributed by atoms with Gasteiger partial charge in [0.2, 0.25) is 0 Å². The Morgan fingerprint density at radius 2 is 1.36 bits per heavy atom. The summed E-state index contributed by atoms with van der Waals surface area (Å²) in [6, 6.07) is 12.9. The highest BCUT2D eigenvalue weighted by Crippen LogP contribution is 2.38. The second-order valence-corrected chi connectivity index (χ2v) is 8.05. The summed E-state index contributed by atoms with van der Waals surface area (Å²) in [5.74, 6) is -0.127. The predicted molar refractivity (Wildman–Crippen MR) is 111 cm³/mol. The first-order valence-corrected chi connectivity index (χ1v) is 10.7. The van der Waals surface area contributed by atoms with Gasteiger partial charge in [-0.2, -0.15) is 22.0 Å². The summed E-state index contributed by atoms with van der Waals surface area (Å²) >= 11 is 0. The van der Waals surface area contributed by atoms with Crippen molar-refractivity contribution in [3.05, 3.63) is 54.1 Å². The van der Waals surface area contributed by atoms with Crippen molar-refractivity contribution in [2.75, 3.05) is 20.3 Å². The smallest absolute Gasteiger partial charge is 0.430 e. The van der Waals surface area contributed by atoms with Crippen molar-refractivity contribution in [2.24, 2.45) is 0 Å². The molecule has 0 aromatic heterocycles. The van der Waals surface area contributed by atoms with E-state index in [0.717, 1.165) is 43.4 Å². The van der Waals surface area contributed by atoms with Gasteiger partial charge in [0.25, 0.3) is 6.17 Å². The van der Waals surface area contributed by atoms with Crippen LogP contribution in [0.25, 0.3) is 11.1 Å². The fourth-order valence-corrected chi connectivity index (χ4v) is 3.92. The third kappa shape index (κ3) is 6.86. The van der Waals surface area contributed by atoms with E-state index in [1.165, 1.54) is 17.7 Å². The lowest BCUT2D eigenvalue weighted by molar-refractivity contribution is -0.304. The molecule has 33 heavy (non-hydrogen) atoms. The Labute approximate surface area is 188 Å². The van der Waals surface area contributed by atoms with Gasteiger partial charge in [-0.05, 0) is 60.4 Å². The standard InChI is InChI=1S/C24H26F6O3/c1-31-14-15-32-20-10-6-18(7-11-20)16-2-4-17(5-3-16)19-8-12-21(13-9-19)33-24(29,30)22(25)23(26,27)28/h2-5,8-9,12-13,18,20,22H,6-7,10-11,14-15H2,1H3. The SMILES string of the molecule is COCCOC1CCC(c2ccc(-c3ccc(OC(F)(F)C(F)C(F)(F)F)cc3)cc2)CC1. The first kappa shape index (κ1) is 25.4. The first-order chi connectivity index (χ1) is 15.6. The van der Waals surface area contributed by atoms with Crippen molar-refractivity contribution >= 4 is 0 Å². The van der Waals surface area contributed by atoms with E-state index in [1.807, 2.05) is 24.3 Å². The number of alkyl halides is 6. The molecule has 1 unspecified atom stereocenters. The summed E-state index contributed by atoms with van der Waals surface area (Å²) in [6.45, 7) is 1.18. The van der Waals surface area contributed by atoms with Crippen LogP contribution in [0.3, 0.4) is 0 Å². The molecule has 0 aliphatic heterocycles. The number of hydrogen-bond donors (Lipinski definition) is 0. The van der Waals surface area contributed by atoms with Crippen molar-refractivity contribution in [2.45, 2.75) is 56.2 Å². The largest absolute Gasteiger partial charge is 0.439 e. The van der Waals surface area contributed by atoms with Crippen molar-refractivity contribution in [3.63, 3.8) is 0 Å². The van der Waals surface area contributed by atoms with Crippen LogP contribution in [0.2, 0.25) is 0 Å². The zero-order valence-electron chi connectivity index (χ0n) is 18.1. The van der Waals surface area contributed by atoms with Crippen LogP contribution in [0.15, 0.2) is 48.5 Å². The quantitative estimate of drug-likeness (QED) is 0.291. The van der Waals surface area contributed by atoms with Gasteiger partial charge in [-0.15, -0.1) is 0 Å². The highest BCUT2D eigenvalue weighted by molar-refractivity contribution is 5.64. The molecule has 2 aromatic rings. The highest BCUT2D eigenvalue weighted by Gasteiger charge is 2.59. The molecule has 182 valence electrons. The first-order valence-electron chi connectivity index (χ1n) is 10.7. The molecular weight excluding hydrogens is 450 g/mol. The maximum absolute atomic E-state index is 13.4. The number of methoxy groups -OCH3 is 1. The molecule has 3 rings (SSSR count). The molecule has 1 saturated carbocycles. The Bertz CT molecular complexity index is 859. The van der Waals surface area contributed by atoms with Crippen LogP contribution in [0.5, 0.6) is 5.75 Å². The third-order valence-electron chi connectivity index (χ3n) is 5.72. The fourth-order valence-electron chi connectivity index (χ4n) is 3.92. The van der Waals surface area contributed by atoms with Crippen molar-refractivity contribution in [1.29, 1.82) is 0 Å². The van der Waals surface area contributed by atoms with Gasteiger partial charge in [-0.1, -0.05) is 36.4 Å². The number of hydrogen-bond acceptors (Lipinski definition) is 3. The molecule has 0 bridgehead atoms. The third-order valence-corrected chi connectivity index (χ3v) is 5.72. The predicted octanol–water partition coefficient (Wildman–Crippen LogP) is 6.91. The molecule has 9 heteroatoms. The Hall–Kier alpha value is -2.26. The Kier molecular flexibility index (Phi) is 8.28. The number of rotatable bonds is 9. The van der Waals surface area contributed by atoms with Crippen molar-refractivity contribution in [3.8, 4) is 16.9 Å². The zero-order valence-corrected chi connectivity index (χ0v) is 18.1. The molecule has 0 amide bonds. The molecule has 0 saturated heterocycles. The van der Waals surface area contributed by atoms with E-state index in [4.69, 9.17) is 9.47 Å². The topological polar surface area (TPSA) is 27.7 Å². The van der Waals surface area contributed by atoms with Crippen molar-refractivity contribution < 1.29 is 40.6 Å². The van der Waals surface area contributed by atoms with Gasteiger partial charge in [0, 0.05) is 7.11 Å². The second kappa shape index (κ2) is 10.8. The maximum atomic E-state index is 13.4. The van der Waals surface area contributed by atoms with Crippen LogP contribution < -0.4 is 4.74 Å². The van der Waals surface area contributed by atoms with Gasteiger partial charge in [-0.25, -0.2) is 4.39 Å². The molecule has 0 N–H and O–H groups in total. The molecule has 0 radical (unpaired) electrons. The Morgan fingerprint density at radius 3 is 1.88 bits per heavy atom. The fraction of sp³-hybridized carbons (Fsp3) is 0.500. The summed E-state index contributed by atoms with van der Waals surface area (Å²) in [5.41, 5.74) is 2.68. The van der Waals surface area contributed by atoms with Gasteiger partial charge in [0.15, 0.2) is 0 Å². The summed E-state index contributed by atoms with van der Waals surface area (Å²) in [5, 5.41) is 0. The second-order valence-electron chi connectivity index (χ2n) is 8.05. The molecule has 0 heterocycles. The van der Waals surface area contributed by atoms with Crippen LogP contribution in [0.4, 0.5) is 26.3 Å². The Balaban J connectivity index is 1.57. The summed E-state index contributed by atoms with van der Waals surface area (Å²) in [6.07, 6.45) is -10.9. The van der Waals surface area contributed by atoms with Crippen LogP contribution in [0, 0.1) is 0 Å². The van der Waals surface area contributed by atoms with E-state index in [-0.39, 0.29) is 6.10 Å². The lowest BCUT2D eigenvalue weighted by atomic mass is 9.82. The monoisotopic (exact) mass is 476 g/mol. The highest BCUT2D eigenvalue weighted by atomic mass is 19.4. The van der Waals surface area contributed by atoms with E-state index in [9.17, 15) is 26.3 Å². The number of halogens is 6. The van der Waals surface area contributed by atoms with Crippen LogP contribution in [-0.4, -0.2) is 44.9 Å². The van der Waals surface area contributed by atoms with Crippen molar-refractivity contribution in [1.82, 2.24) is 0 Å². The molecule has 1 aliphatic rings. The summed E-state index contributed by atoms with van der Waals surface area (Å²) < 4.78 is 91.3. The zero-order chi connectivity index (χ0) is 24.1. The van der Waals surface area contributed by atoms with Gasteiger partial charge >= 0.3 is 12.3 Å². The average Bonchev–Trinajstić information content (AvgIpc) is 2.79. The molecule has 1 fully saturated rings. The maximum Gasteiger partial charge on any atom is 0.439 e. The van der Waals surface area contributed by atoms with Gasteiger partial charge < -0.3 is 14.2 Å². The van der Waals surface area contributed by atoms with Gasteiger partial charge in [0.1, 0.15) is 5.75 Å². The van der Waals surface area contributed by atoms with E-state index in [0.29, 0.717) is 24.7 Å². The van der Waals surface area contributed by atoms with E-state index >= 15 is 0 Å². The van der Waals surface area contributed by atoms with Crippen LogP contribution in [0.1, 0.15) is 37.2 Å². The minimum atomic E-state index is -5.72. The summed E-state index contributed by atoms with van der Waals surface area (Å²) in [7, 11) is 1.64. The average molecular weight is 476 g/mol. The normalized spacial score (nSPS) is 20.5. The van der Waals surface area contributed by atoms with E-state index in [1.54, 1.807) is 7.11 Å². The molecule has 0 spiro atoms. The number of ether oxygens (including phenoxy) is 3. The van der Waals surface area contributed by atoms with E-state index in [2.05, 4.69) is 4.74 Å².